The first-order valence-electron chi connectivity index (χ1n) is 5.17. The van der Waals surface area contributed by atoms with Gasteiger partial charge in [-0.3, -0.25) is 0 Å². The molecule has 1 aromatic rings. The smallest absolute Gasteiger partial charge is 0.244 e. The summed E-state index contributed by atoms with van der Waals surface area (Å²) in [5.41, 5.74) is -7.40. The molecule has 0 aliphatic heterocycles. The third kappa shape index (κ3) is 2.98. The average Bonchev–Trinajstić information content (AvgIpc) is 2.34. The lowest BCUT2D eigenvalue weighted by Crippen LogP contribution is -2.61. The van der Waals surface area contributed by atoms with Crippen molar-refractivity contribution in [2.45, 2.75) is 23.7 Å². The Balaban J connectivity index is 3.76. The molecular formula is C11H4Br2F9. The Morgan fingerprint density at radius 2 is 1.27 bits per heavy atom. The topological polar surface area (TPSA) is 0 Å². The summed E-state index contributed by atoms with van der Waals surface area (Å²) in [6.45, 7) is -3.05. The highest BCUT2D eigenvalue weighted by atomic mass is 79.9. The molecule has 1 unspecified atom stereocenters. The molecule has 1 rings (SSSR count). The van der Waals surface area contributed by atoms with Gasteiger partial charge in [-0.05, 0) is 12.1 Å². The van der Waals surface area contributed by atoms with E-state index >= 15 is 0 Å². The van der Waals surface area contributed by atoms with Crippen LogP contribution >= 0.6 is 31.9 Å². The first kappa shape index (κ1) is 19.6. The second-order valence-electron chi connectivity index (χ2n) is 4.13. The van der Waals surface area contributed by atoms with Crippen LogP contribution in [0.5, 0.6) is 0 Å². The van der Waals surface area contributed by atoms with Crippen molar-refractivity contribution in [3.63, 3.8) is 0 Å². The van der Waals surface area contributed by atoms with E-state index in [0.717, 1.165) is 0 Å². The lowest BCUT2D eigenvalue weighted by Gasteiger charge is -2.39. The monoisotopic (exact) mass is 465 g/mol. The minimum Gasteiger partial charge on any atom is -0.244 e. The zero-order valence-corrected chi connectivity index (χ0v) is 13.2. The van der Waals surface area contributed by atoms with Crippen LogP contribution in [-0.4, -0.2) is 24.7 Å². The van der Waals surface area contributed by atoms with Gasteiger partial charge >= 0.3 is 18.0 Å². The number of benzene rings is 1. The normalized spacial score (nSPS) is 16.5. The van der Waals surface area contributed by atoms with Crippen LogP contribution in [0.15, 0.2) is 21.1 Å². The van der Waals surface area contributed by atoms with E-state index in [4.69, 9.17) is 0 Å². The minimum atomic E-state index is -6.67. The Morgan fingerprint density at radius 3 is 1.59 bits per heavy atom. The van der Waals surface area contributed by atoms with Crippen LogP contribution < -0.4 is 0 Å². The molecule has 0 N–H and O–H groups in total. The maximum absolute atomic E-state index is 14.4. The van der Waals surface area contributed by atoms with Crippen molar-refractivity contribution in [1.29, 1.82) is 0 Å². The van der Waals surface area contributed by atoms with Gasteiger partial charge in [-0.25, -0.2) is 8.78 Å². The Kier molecular flexibility index (Phi) is 5.24. The highest BCUT2D eigenvalue weighted by molar-refractivity contribution is 9.11. The molecule has 0 saturated heterocycles. The minimum absolute atomic E-state index is 0.244. The van der Waals surface area contributed by atoms with Crippen molar-refractivity contribution in [1.82, 2.24) is 0 Å². The molecule has 0 nitrogen and oxygen atoms in total. The third-order valence-electron chi connectivity index (χ3n) is 2.66. The predicted molar refractivity (Wildman–Crippen MR) is 65.4 cm³/mol. The van der Waals surface area contributed by atoms with Crippen molar-refractivity contribution >= 4 is 31.9 Å². The molecule has 0 heterocycles. The fraction of sp³-hybridized carbons (Fsp3) is 0.455. The maximum Gasteiger partial charge on any atom is 0.457 e. The van der Waals surface area contributed by atoms with Gasteiger partial charge < -0.3 is 0 Å². The van der Waals surface area contributed by atoms with Crippen LogP contribution in [0.3, 0.4) is 0 Å². The van der Waals surface area contributed by atoms with E-state index in [2.05, 4.69) is 37.9 Å². The molecule has 0 fully saturated rings. The van der Waals surface area contributed by atoms with Crippen molar-refractivity contribution in [3.05, 3.63) is 32.7 Å². The van der Waals surface area contributed by atoms with Gasteiger partial charge in [0.25, 0.3) is 5.67 Å². The average molecular weight is 467 g/mol. The fourth-order valence-corrected chi connectivity index (χ4v) is 2.80. The molecule has 0 amide bonds. The standard InChI is InChI=1S/C11H4Br2F9/c12-6-1-5(2-7(13)3-6)9(17,8(15,16)4-14)10(18,19)11(20,21)22/h1-2H,4H2. The summed E-state index contributed by atoms with van der Waals surface area (Å²) < 4.78 is 117. The molecule has 0 spiro atoms. The van der Waals surface area contributed by atoms with Gasteiger partial charge in [0.05, 0.1) is 0 Å². The van der Waals surface area contributed by atoms with Gasteiger partial charge in [0.15, 0.2) is 6.67 Å². The Hall–Kier alpha value is -0.450. The van der Waals surface area contributed by atoms with Gasteiger partial charge in [0.1, 0.15) is 0 Å². The van der Waals surface area contributed by atoms with Crippen LogP contribution in [0.4, 0.5) is 39.5 Å². The third-order valence-corrected chi connectivity index (χ3v) is 3.52. The molecule has 0 aromatic heterocycles. The number of hydrogen-bond donors (Lipinski definition) is 0. The van der Waals surface area contributed by atoms with E-state index in [0.29, 0.717) is 0 Å². The Labute approximate surface area is 134 Å². The summed E-state index contributed by atoms with van der Waals surface area (Å²) in [4.78, 5) is 0. The first-order chi connectivity index (χ1) is 9.70. The van der Waals surface area contributed by atoms with Gasteiger partial charge in [0.2, 0.25) is 0 Å². The van der Waals surface area contributed by atoms with Gasteiger partial charge in [-0.1, -0.05) is 31.9 Å². The van der Waals surface area contributed by atoms with Gasteiger partial charge in [-0.15, -0.1) is 0 Å². The molecule has 1 aromatic carbocycles. The zero-order chi connectivity index (χ0) is 17.6. The largest absolute Gasteiger partial charge is 0.457 e. The summed E-state index contributed by atoms with van der Waals surface area (Å²) >= 11 is 5.19. The van der Waals surface area contributed by atoms with Crippen LogP contribution in [0.2, 0.25) is 0 Å². The first-order valence-corrected chi connectivity index (χ1v) is 6.75. The molecular weight excluding hydrogens is 463 g/mol. The van der Waals surface area contributed by atoms with Crippen molar-refractivity contribution in [2.75, 3.05) is 6.67 Å². The molecule has 22 heavy (non-hydrogen) atoms. The summed E-state index contributed by atoms with van der Waals surface area (Å²) in [5.74, 6) is -12.2. The molecule has 1 atom stereocenters. The zero-order valence-electron chi connectivity index (χ0n) is 10.0. The second-order valence-corrected chi connectivity index (χ2v) is 5.84. The van der Waals surface area contributed by atoms with E-state index in [1.54, 1.807) is 0 Å². The van der Waals surface area contributed by atoms with Crippen molar-refractivity contribution < 1.29 is 39.5 Å². The highest BCUT2D eigenvalue weighted by Crippen LogP contribution is 2.58. The second kappa shape index (κ2) is 5.88. The quantitative estimate of drug-likeness (QED) is 0.479. The van der Waals surface area contributed by atoms with Crippen LogP contribution in [-0.2, 0) is 5.67 Å². The maximum atomic E-state index is 14.4. The summed E-state index contributed by atoms with van der Waals surface area (Å²) in [5, 5.41) is 0. The molecule has 11 heteroatoms. The van der Waals surface area contributed by atoms with E-state index in [9.17, 15) is 39.5 Å². The van der Waals surface area contributed by atoms with E-state index in [-0.39, 0.29) is 21.1 Å². The van der Waals surface area contributed by atoms with E-state index in [1.807, 2.05) is 0 Å². The Morgan fingerprint density at radius 1 is 0.864 bits per heavy atom. The highest BCUT2D eigenvalue weighted by Gasteiger charge is 2.80. The summed E-state index contributed by atoms with van der Waals surface area (Å²) in [7, 11) is 0. The molecule has 0 aliphatic rings. The molecule has 1 radical (unpaired) electrons. The number of hydrogen-bond acceptors (Lipinski definition) is 0. The number of halogens is 11. The lowest BCUT2D eigenvalue weighted by atomic mass is 9.83. The SMILES string of the molecule is FCC(F)(F)C(F)(c1cc(Br)[c]c(Br)c1)C(F)(F)C(F)(F)F. The van der Waals surface area contributed by atoms with E-state index in [1.165, 1.54) is 0 Å². The van der Waals surface area contributed by atoms with Crippen LogP contribution in [0.1, 0.15) is 5.56 Å². The summed E-state index contributed by atoms with van der Waals surface area (Å²) in [6, 6.07) is 2.73. The van der Waals surface area contributed by atoms with E-state index < -0.39 is 35.9 Å². The lowest BCUT2D eigenvalue weighted by molar-refractivity contribution is -0.368. The summed E-state index contributed by atoms with van der Waals surface area (Å²) in [6.07, 6.45) is -6.67. The van der Waals surface area contributed by atoms with Crippen LogP contribution in [0, 0.1) is 6.07 Å². The molecule has 125 valence electrons. The Bertz CT molecular complexity index is 535. The van der Waals surface area contributed by atoms with Crippen molar-refractivity contribution in [2.24, 2.45) is 0 Å². The number of rotatable bonds is 4. The van der Waals surface area contributed by atoms with Gasteiger partial charge in [-0.2, -0.15) is 30.7 Å². The predicted octanol–water partition coefficient (Wildman–Crippen LogP) is 5.98. The fourth-order valence-electron chi connectivity index (χ4n) is 1.61. The number of alkyl halides is 9. The molecule has 0 aliphatic carbocycles. The van der Waals surface area contributed by atoms with Crippen molar-refractivity contribution in [3.8, 4) is 0 Å². The van der Waals surface area contributed by atoms with Gasteiger partial charge in [0, 0.05) is 20.6 Å². The molecule has 0 bridgehead atoms. The molecule has 0 saturated carbocycles. The van der Waals surface area contributed by atoms with Crippen LogP contribution in [0.25, 0.3) is 0 Å².